The molecule has 1 saturated heterocycles. The highest BCUT2D eigenvalue weighted by atomic mass is 16.1. The van der Waals surface area contributed by atoms with Crippen molar-refractivity contribution >= 4 is 5.78 Å². The number of carbonyl (C=O) groups is 1. The molecule has 86 valence electrons. The third-order valence-electron chi connectivity index (χ3n) is 3.14. The van der Waals surface area contributed by atoms with E-state index in [4.69, 9.17) is 0 Å². The van der Waals surface area contributed by atoms with E-state index in [9.17, 15) is 4.79 Å². The molecule has 1 fully saturated rings. The molecule has 15 heavy (non-hydrogen) atoms. The van der Waals surface area contributed by atoms with Crippen LogP contribution in [0.2, 0.25) is 0 Å². The average Bonchev–Trinajstić information content (AvgIpc) is 2.15. The number of carbonyl (C=O) groups excluding carboxylic acids is 1. The highest BCUT2D eigenvalue weighted by molar-refractivity contribution is 5.86. The first-order valence-electron chi connectivity index (χ1n) is 5.77. The van der Waals surface area contributed by atoms with Gasteiger partial charge in [-0.15, -0.1) is 0 Å². The average molecular weight is 209 g/mol. The van der Waals surface area contributed by atoms with Crippen LogP contribution in [-0.2, 0) is 4.79 Å². The van der Waals surface area contributed by atoms with Crippen LogP contribution in [0.15, 0.2) is 12.3 Å². The molecule has 0 aromatic rings. The number of hydrogen-bond acceptors (Lipinski definition) is 2. The Morgan fingerprint density at radius 1 is 1.27 bits per heavy atom. The molecular formula is C13H23NO. The Hall–Kier alpha value is -0.790. The summed E-state index contributed by atoms with van der Waals surface area (Å²) in [5.74, 6) is 0.685. The van der Waals surface area contributed by atoms with E-state index in [0.717, 1.165) is 31.6 Å². The fourth-order valence-corrected chi connectivity index (χ4v) is 2.14. The highest BCUT2D eigenvalue weighted by Gasteiger charge is 2.31. The maximum Gasteiger partial charge on any atom is 0.141 e. The van der Waals surface area contributed by atoms with Crippen LogP contribution >= 0.6 is 0 Å². The molecule has 0 N–H and O–H groups in total. The highest BCUT2D eigenvalue weighted by Crippen LogP contribution is 2.28. The van der Waals surface area contributed by atoms with Gasteiger partial charge < -0.3 is 4.90 Å². The number of hydrogen-bond donors (Lipinski definition) is 0. The van der Waals surface area contributed by atoms with Crippen molar-refractivity contribution in [1.82, 2.24) is 4.90 Å². The lowest BCUT2D eigenvalue weighted by Gasteiger charge is -2.35. The fraction of sp³-hybridized carbons (Fsp3) is 0.769. The molecule has 1 rings (SSSR count). The number of Topliss-reactive ketones (excluding diaryl/α,β-unsaturated/α-hetero) is 1. The van der Waals surface area contributed by atoms with E-state index < -0.39 is 0 Å². The SMILES string of the molecule is C=C(C)N1CCC(C(=O)C(C)(C)C)CC1. The molecule has 0 aromatic heterocycles. The van der Waals surface area contributed by atoms with E-state index in [1.807, 2.05) is 27.7 Å². The maximum atomic E-state index is 12.1. The van der Waals surface area contributed by atoms with Crippen LogP contribution in [0.1, 0.15) is 40.5 Å². The van der Waals surface area contributed by atoms with Gasteiger partial charge in [0, 0.05) is 30.1 Å². The number of piperidine rings is 1. The Labute approximate surface area is 93.3 Å². The second-order valence-corrected chi connectivity index (χ2v) is 5.61. The summed E-state index contributed by atoms with van der Waals surface area (Å²) >= 11 is 0. The summed E-state index contributed by atoms with van der Waals surface area (Å²) in [6.45, 7) is 14.0. The van der Waals surface area contributed by atoms with Gasteiger partial charge in [0.05, 0.1) is 0 Å². The lowest BCUT2D eigenvalue weighted by Crippen LogP contribution is -2.38. The van der Waals surface area contributed by atoms with Crippen LogP contribution < -0.4 is 0 Å². The number of rotatable bonds is 2. The Morgan fingerprint density at radius 3 is 2.07 bits per heavy atom. The molecule has 1 aliphatic rings. The lowest BCUT2D eigenvalue weighted by molar-refractivity contribution is -0.131. The van der Waals surface area contributed by atoms with Crippen molar-refractivity contribution in [1.29, 1.82) is 0 Å². The monoisotopic (exact) mass is 209 g/mol. The molecule has 1 heterocycles. The zero-order valence-corrected chi connectivity index (χ0v) is 10.5. The van der Waals surface area contributed by atoms with Crippen LogP contribution in [0.5, 0.6) is 0 Å². The summed E-state index contributed by atoms with van der Waals surface area (Å²) in [6, 6.07) is 0. The number of nitrogens with zero attached hydrogens (tertiary/aromatic N) is 1. The van der Waals surface area contributed by atoms with Crippen LogP contribution in [0, 0.1) is 11.3 Å². The van der Waals surface area contributed by atoms with Gasteiger partial charge in [-0.2, -0.15) is 0 Å². The standard InChI is InChI=1S/C13H23NO/c1-10(2)14-8-6-11(7-9-14)12(15)13(3,4)5/h11H,1,6-9H2,2-5H3. The zero-order chi connectivity index (χ0) is 11.6. The van der Waals surface area contributed by atoms with Gasteiger partial charge in [-0.05, 0) is 19.8 Å². The molecule has 2 nitrogen and oxygen atoms in total. The van der Waals surface area contributed by atoms with Gasteiger partial charge >= 0.3 is 0 Å². The Morgan fingerprint density at radius 2 is 1.73 bits per heavy atom. The van der Waals surface area contributed by atoms with E-state index in [-0.39, 0.29) is 11.3 Å². The van der Waals surface area contributed by atoms with Gasteiger partial charge in [0.15, 0.2) is 0 Å². The molecule has 0 atom stereocenters. The summed E-state index contributed by atoms with van der Waals surface area (Å²) in [5.41, 5.74) is 0.937. The van der Waals surface area contributed by atoms with E-state index in [1.165, 1.54) is 0 Å². The Kier molecular flexibility index (Phi) is 3.58. The topological polar surface area (TPSA) is 20.3 Å². The van der Waals surface area contributed by atoms with Gasteiger partial charge in [-0.1, -0.05) is 27.4 Å². The first-order chi connectivity index (χ1) is 6.82. The summed E-state index contributed by atoms with van der Waals surface area (Å²) in [7, 11) is 0. The van der Waals surface area contributed by atoms with Gasteiger partial charge in [0.25, 0.3) is 0 Å². The molecule has 0 spiro atoms. The van der Waals surface area contributed by atoms with Crippen LogP contribution in [0.4, 0.5) is 0 Å². The molecule has 2 heteroatoms. The second-order valence-electron chi connectivity index (χ2n) is 5.61. The Bertz CT molecular complexity index is 254. The molecule has 0 aliphatic carbocycles. The van der Waals surface area contributed by atoms with E-state index in [0.29, 0.717) is 5.78 Å². The summed E-state index contributed by atoms with van der Waals surface area (Å²) < 4.78 is 0. The van der Waals surface area contributed by atoms with Crippen molar-refractivity contribution in [3.05, 3.63) is 12.3 Å². The van der Waals surface area contributed by atoms with Crippen molar-refractivity contribution < 1.29 is 4.79 Å². The first kappa shape index (κ1) is 12.3. The summed E-state index contributed by atoms with van der Waals surface area (Å²) in [5, 5.41) is 0. The van der Waals surface area contributed by atoms with Crippen molar-refractivity contribution in [3.63, 3.8) is 0 Å². The van der Waals surface area contributed by atoms with E-state index in [1.54, 1.807) is 0 Å². The fourth-order valence-electron chi connectivity index (χ4n) is 2.14. The minimum Gasteiger partial charge on any atom is -0.375 e. The van der Waals surface area contributed by atoms with Crippen LogP contribution in [-0.4, -0.2) is 23.8 Å². The normalized spacial score (nSPS) is 19.1. The first-order valence-corrected chi connectivity index (χ1v) is 5.77. The quantitative estimate of drug-likeness (QED) is 0.697. The van der Waals surface area contributed by atoms with Crippen molar-refractivity contribution in [2.24, 2.45) is 11.3 Å². The predicted molar refractivity (Wildman–Crippen MR) is 63.6 cm³/mol. The minimum atomic E-state index is -0.184. The Balaban J connectivity index is 2.51. The molecule has 0 saturated carbocycles. The largest absolute Gasteiger partial charge is 0.375 e. The van der Waals surface area contributed by atoms with Crippen molar-refractivity contribution in [3.8, 4) is 0 Å². The molecule has 1 aliphatic heterocycles. The molecule has 0 bridgehead atoms. The predicted octanol–water partition coefficient (Wildman–Crippen LogP) is 2.85. The summed E-state index contributed by atoms with van der Waals surface area (Å²) in [6.07, 6.45) is 1.98. The second kappa shape index (κ2) is 4.38. The third kappa shape index (κ3) is 3.08. The van der Waals surface area contributed by atoms with Gasteiger partial charge in [-0.25, -0.2) is 0 Å². The minimum absolute atomic E-state index is 0.184. The van der Waals surface area contributed by atoms with Crippen molar-refractivity contribution in [2.45, 2.75) is 40.5 Å². The third-order valence-corrected chi connectivity index (χ3v) is 3.14. The zero-order valence-electron chi connectivity index (χ0n) is 10.5. The maximum absolute atomic E-state index is 12.1. The van der Waals surface area contributed by atoms with Crippen molar-refractivity contribution in [2.75, 3.05) is 13.1 Å². The molecule has 0 aromatic carbocycles. The number of likely N-dealkylation sites (tertiary alicyclic amines) is 1. The number of allylic oxidation sites excluding steroid dienone is 1. The lowest BCUT2D eigenvalue weighted by atomic mass is 9.79. The smallest absolute Gasteiger partial charge is 0.141 e. The van der Waals surface area contributed by atoms with Gasteiger partial charge in [-0.3, -0.25) is 4.79 Å². The van der Waals surface area contributed by atoms with Crippen LogP contribution in [0.3, 0.4) is 0 Å². The number of ketones is 1. The van der Waals surface area contributed by atoms with E-state index >= 15 is 0 Å². The molecule has 0 radical (unpaired) electrons. The van der Waals surface area contributed by atoms with Gasteiger partial charge in [0.2, 0.25) is 0 Å². The van der Waals surface area contributed by atoms with Crippen LogP contribution in [0.25, 0.3) is 0 Å². The summed E-state index contributed by atoms with van der Waals surface area (Å²) in [4.78, 5) is 14.3. The molecule has 0 unspecified atom stereocenters. The van der Waals surface area contributed by atoms with Gasteiger partial charge in [0.1, 0.15) is 5.78 Å². The molecule has 0 amide bonds. The van der Waals surface area contributed by atoms with E-state index in [2.05, 4.69) is 11.5 Å². The molecular weight excluding hydrogens is 186 g/mol.